The quantitative estimate of drug-likeness (QED) is 0.838. The van der Waals surface area contributed by atoms with Crippen molar-refractivity contribution in [3.8, 4) is 11.8 Å². The highest BCUT2D eigenvalue weighted by Gasteiger charge is 2.26. The van der Waals surface area contributed by atoms with Gasteiger partial charge in [0.05, 0.1) is 24.7 Å². The molecule has 0 N–H and O–H groups in total. The van der Waals surface area contributed by atoms with Crippen molar-refractivity contribution in [1.82, 2.24) is 0 Å². The summed E-state index contributed by atoms with van der Waals surface area (Å²) in [6.45, 7) is 10.4. The SMILES string of the molecule is CCC1CN(CCC#N)c2cc(C(C)(C)C)ccc2O1. The van der Waals surface area contributed by atoms with Crippen LogP contribution in [0.15, 0.2) is 18.2 Å². The molecule has 0 saturated heterocycles. The first-order valence-corrected chi connectivity index (χ1v) is 7.38. The summed E-state index contributed by atoms with van der Waals surface area (Å²) in [6.07, 6.45) is 1.76. The van der Waals surface area contributed by atoms with Crippen molar-refractivity contribution in [3.63, 3.8) is 0 Å². The lowest BCUT2D eigenvalue weighted by molar-refractivity contribution is 0.189. The molecule has 1 heterocycles. The number of fused-ring (bicyclic) bond motifs is 1. The van der Waals surface area contributed by atoms with Gasteiger partial charge in [-0.1, -0.05) is 33.8 Å². The van der Waals surface area contributed by atoms with E-state index >= 15 is 0 Å². The Hall–Kier alpha value is -1.69. The van der Waals surface area contributed by atoms with E-state index in [1.165, 1.54) is 5.56 Å². The molecule has 1 aromatic rings. The Morgan fingerprint density at radius 2 is 2.15 bits per heavy atom. The number of rotatable bonds is 3. The second kappa shape index (κ2) is 5.75. The van der Waals surface area contributed by atoms with Gasteiger partial charge in [-0.05, 0) is 29.5 Å². The van der Waals surface area contributed by atoms with Crippen LogP contribution in [0.4, 0.5) is 5.69 Å². The Balaban J connectivity index is 2.36. The lowest BCUT2D eigenvalue weighted by Gasteiger charge is -2.36. The molecule has 20 heavy (non-hydrogen) atoms. The van der Waals surface area contributed by atoms with E-state index in [4.69, 9.17) is 10.00 Å². The fourth-order valence-corrected chi connectivity index (χ4v) is 2.50. The average Bonchev–Trinajstić information content (AvgIpc) is 2.42. The first kappa shape index (κ1) is 14.7. The zero-order valence-electron chi connectivity index (χ0n) is 12.9. The first-order valence-electron chi connectivity index (χ1n) is 7.38. The maximum absolute atomic E-state index is 8.84. The Kier molecular flexibility index (Phi) is 4.23. The van der Waals surface area contributed by atoms with E-state index in [1.807, 2.05) is 0 Å². The highest BCUT2D eigenvalue weighted by atomic mass is 16.5. The number of hydrogen-bond donors (Lipinski definition) is 0. The van der Waals surface area contributed by atoms with Gasteiger partial charge in [0.15, 0.2) is 0 Å². The Morgan fingerprint density at radius 3 is 2.75 bits per heavy atom. The maximum atomic E-state index is 8.84. The van der Waals surface area contributed by atoms with Crippen molar-refractivity contribution in [2.75, 3.05) is 18.0 Å². The highest BCUT2D eigenvalue weighted by molar-refractivity contribution is 5.62. The smallest absolute Gasteiger partial charge is 0.143 e. The van der Waals surface area contributed by atoms with Crippen LogP contribution in [-0.2, 0) is 5.41 Å². The van der Waals surface area contributed by atoms with E-state index < -0.39 is 0 Å². The van der Waals surface area contributed by atoms with Crippen molar-refractivity contribution in [3.05, 3.63) is 23.8 Å². The van der Waals surface area contributed by atoms with Crippen molar-refractivity contribution >= 4 is 5.69 Å². The predicted molar refractivity (Wildman–Crippen MR) is 82.3 cm³/mol. The van der Waals surface area contributed by atoms with Crippen LogP contribution in [0.2, 0.25) is 0 Å². The third-order valence-corrected chi connectivity index (χ3v) is 3.83. The average molecular weight is 272 g/mol. The third-order valence-electron chi connectivity index (χ3n) is 3.83. The fraction of sp³-hybridized carbons (Fsp3) is 0.588. The van der Waals surface area contributed by atoms with Crippen molar-refractivity contribution in [2.45, 2.75) is 52.1 Å². The fourth-order valence-electron chi connectivity index (χ4n) is 2.50. The molecule has 1 unspecified atom stereocenters. The molecule has 0 aliphatic carbocycles. The monoisotopic (exact) mass is 272 g/mol. The van der Waals surface area contributed by atoms with Gasteiger partial charge in [0.25, 0.3) is 0 Å². The van der Waals surface area contributed by atoms with E-state index in [1.54, 1.807) is 0 Å². The molecule has 0 spiro atoms. The number of anilines is 1. The second-order valence-corrected chi connectivity index (χ2v) is 6.43. The largest absolute Gasteiger partial charge is 0.486 e. The molecule has 108 valence electrons. The molecule has 1 aliphatic rings. The van der Waals surface area contributed by atoms with Gasteiger partial charge in [-0.25, -0.2) is 0 Å². The zero-order valence-corrected chi connectivity index (χ0v) is 12.9. The summed E-state index contributed by atoms with van der Waals surface area (Å²) in [5, 5.41) is 8.84. The van der Waals surface area contributed by atoms with E-state index in [9.17, 15) is 0 Å². The molecule has 0 amide bonds. The van der Waals surface area contributed by atoms with Crippen molar-refractivity contribution in [1.29, 1.82) is 5.26 Å². The van der Waals surface area contributed by atoms with Gasteiger partial charge < -0.3 is 9.64 Å². The molecule has 1 aromatic carbocycles. The van der Waals surface area contributed by atoms with Gasteiger partial charge >= 0.3 is 0 Å². The summed E-state index contributed by atoms with van der Waals surface area (Å²) in [7, 11) is 0. The molecule has 3 nitrogen and oxygen atoms in total. The van der Waals surface area contributed by atoms with Gasteiger partial charge in [-0.2, -0.15) is 5.26 Å². The topological polar surface area (TPSA) is 36.3 Å². The lowest BCUT2D eigenvalue weighted by Crippen LogP contribution is -2.40. The molecule has 3 heteroatoms. The van der Waals surface area contributed by atoms with Gasteiger partial charge in [-0.15, -0.1) is 0 Å². The molecule has 1 atom stereocenters. The third kappa shape index (κ3) is 3.07. The van der Waals surface area contributed by atoms with E-state index in [2.05, 4.69) is 56.9 Å². The second-order valence-electron chi connectivity index (χ2n) is 6.43. The van der Waals surface area contributed by atoms with Crippen LogP contribution in [0.1, 0.15) is 46.1 Å². The van der Waals surface area contributed by atoms with Crippen molar-refractivity contribution < 1.29 is 4.74 Å². The Morgan fingerprint density at radius 1 is 1.40 bits per heavy atom. The van der Waals surface area contributed by atoms with Crippen LogP contribution in [0.3, 0.4) is 0 Å². The molecular weight excluding hydrogens is 248 g/mol. The number of benzene rings is 1. The molecule has 1 aliphatic heterocycles. The van der Waals surface area contributed by atoms with Crippen LogP contribution in [0.25, 0.3) is 0 Å². The summed E-state index contributed by atoms with van der Waals surface area (Å²) in [5.74, 6) is 0.953. The van der Waals surface area contributed by atoms with Crippen LogP contribution in [0.5, 0.6) is 5.75 Å². The summed E-state index contributed by atoms with van der Waals surface area (Å²) in [4.78, 5) is 2.30. The summed E-state index contributed by atoms with van der Waals surface area (Å²) in [6, 6.07) is 8.69. The van der Waals surface area contributed by atoms with E-state index in [0.717, 1.165) is 30.9 Å². The van der Waals surface area contributed by atoms with Crippen LogP contribution in [0, 0.1) is 11.3 Å². The summed E-state index contributed by atoms with van der Waals surface area (Å²) >= 11 is 0. The Labute approximate surface area is 122 Å². The molecule has 0 aromatic heterocycles. The molecule has 0 bridgehead atoms. The number of ether oxygens (including phenoxy) is 1. The maximum Gasteiger partial charge on any atom is 0.143 e. The minimum atomic E-state index is 0.123. The van der Waals surface area contributed by atoms with Gasteiger partial charge in [0, 0.05) is 6.54 Å². The minimum Gasteiger partial charge on any atom is -0.486 e. The predicted octanol–water partition coefficient (Wildman–Crippen LogP) is 3.88. The summed E-state index contributed by atoms with van der Waals surface area (Å²) < 4.78 is 6.03. The molecule has 2 rings (SSSR count). The summed E-state index contributed by atoms with van der Waals surface area (Å²) in [5.41, 5.74) is 2.56. The van der Waals surface area contributed by atoms with Gasteiger partial charge in [0.1, 0.15) is 11.9 Å². The molecule has 0 saturated carbocycles. The van der Waals surface area contributed by atoms with Crippen LogP contribution < -0.4 is 9.64 Å². The highest BCUT2D eigenvalue weighted by Crippen LogP contribution is 2.37. The Bertz CT molecular complexity index is 511. The molecule has 0 fully saturated rings. The number of nitrogens with zero attached hydrogens (tertiary/aromatic N) is 2. The minimum absolute atomic E-state index is 0.123. The van der Waals surface area contributed by atoms with Gasteiger partial charge in [-0.3, -0.25) is 0 Å². The first-order chi connectivity index (χ1) is 9.45. The van der Waals surface area contributed by atoms with Crippen LogP contribution in [-0.4, -0.2) is 19.2 Å². The normalized spacial score (nSPS) is 18.1. The molecular formula is C17H24N2O. The van der Waals surface area contributed by atoms with Gasteiger partial charge in [0.2, 0.25) is 0 Å². The van der Waals surface area contributed by atoms with Crippen molar-refractivity contribution in [2.24, 2.45) is 0 Å². The number of hydrogen-bond acceptors (Lipinski definition) is 3. The van der Waals surface area contributed by atoms with E-state index in [0.29, 0.717) is 6.42 Å². The number of nitriles is 1. The standard InChI is InChI=1S/C17H24N2O/c1-5-14-12-19(10-6-9-18)15-11-13(17(2,3)4)7-8-16(15)20-14/h7-8,11,14H,5-6,10,12H2,1-4H3. The lowest BCUT2D eigenvalue weighted by atomic mass is 9.86. The van der Waals surface area contributed by atoms with Crippen LogP contribution >= 0.6 is 0 Å². The molecule has 0 radical (unpaired) electrons. The van der Waals surface area contributed by atoms with E-state index in [-0.39, 0.29) is 11.5 Å². The zero-order chi connectivity index (χ0) is 14.8.